The molecule has 3 rings (SSSR count). The molecule has 0 bridgehead atoms. The Morgan fingerprint density at radius 2 is 1.86 bits per heavy atom. The van der Waals surface area contributed by atoms with Crippen molar-refractivity contribution in [1.82, 2.24) is 10.2 Å². The summed E-state index contributed by atoms with van der Waals surface area (Å²) in [5, 5.41) is 23.0. The van der Waals surface area contributed by atoms with Crippen molar-refractivity contribution < 1.29 is 24.7 Å². The van der Waals surface area contributed by atoms with E-state index in [1.54, 1.807) is 34.1 Å². The normalized spacial score (nSPS) is 18.9. The Bertz CT molecular complexity index is 815. The summed E-state index contributed by atoms with van der Waals surface area (Å²) in [6.45, 7) is 1.75. The Morgan fingerprint density at radius 3 is 2.45 bits per heavy atom. The zero-order valence-corrected chi connectivity index (χ0v) is 16.0. The first-order valence-electron chi connectivity index (χ1n) is 9.46. The van der Waals surface area contributed by atoms with Gasteiger partial charge >= 0.3 is 12.0 Å². The number of urea groups is 1. The third kappa shape index (κ3) is 4.58. The van der Waals surface area contributed by atoms with Gasteiger partial charge in [-0.15, -0.1) is 0 Å². The molecule has 1 aromatic rings. The van der Waals surface area contributed by atoms with Crippen molar-refractivity contribution in [3.8, 4) is 0 Å². The SMILES string of the molecule is N/C(=N/O)c1ccc(N2CC3(CCN(C(=O)NCCC(=O)O)CC3)CC2=O)cc1. The van der Waals surface area contributed by atoms with Crippen LogP contribution >= 0.6 is 0 Å². The van der Waals surface area contributed by atoms with E-state index in [9.17, 15) is 14.4 Å². The number of carboxylic acids is 1. The number of benzene rings is 1. The Labute approximate surface area is 167 Å². The maximum Gasteiger partial charge on any atom is 0.317 e. The topological polar surface area (TPSA) is 149 Å². The summed E-state index contributed by atoms with van der Waals surface area (Å²) < 4.78 is 0. The van der Waals surface area contributed by atoms with Gasteiger partial charge in [-0.05, 0) is 37.1 Å². The molecule has 1 aromatic carbocycles. The number of hydrogen-bond donors (Lipinski definition) is 4. The van der Waals surface area contributed by atoms with Crippen LogP contribution in [-0.2, 0) is 9.59 Å². The van der Waals surface area contributed by atoms with Crippen LogP contribution in [0.15, 0.2) is 29.4 Å². The molecule has 0 aromatic heterocycles. The van der Waals surface area contributed by atoms with E-state index >= 15 is 0 Å². The van der Waals surface area contributed by atoms with Crippen LogP contribution in [-0.4, -0.2) is 65.1 Å². The fourth-order valence-corrected chi connectivity index (χ4v) is 3.91. The molecule has 2 saturated heterocycles. The lowest BCUT2D eigenvalue weighted by molar-refractivity contribution is -0.136. The Hall–Kier alpha value is -3.30. The van der Waals surface area contributed by atoms with Crippen LogP contribution in [0.3, 0.4) is 0 Å². The predicted molar refractivity (Wildman–Crippen MR) is 105 cm³/mol. The van der Waals surface area contributed by atoms with E-state index in [1.807, 2.05) is 0 Å². The quantitative estimate of drug-likeness (QED) is 0.247. The molecule has 0 aliphatic carbocycles. The van der Waals surface area contributed by atoms with Crippen LogP contribution in [0.5, 0.6) is 0 Å². The average Bonchev–Trinajstić information content (AvgIpc) is 3.03. The Kier molecular flexibility index (Phi) is 5.90. The summed E-state index contributed by atoms with van der Waals surface area (Å²) in [6, 6.07) is 6.69. The summed E-state index contributed by atoms with van der Waals surface area (Å²) >= 11 is 0. The maximum atomic E-state index is 12.6. The molecule has 0 atom stereocenters. The summed E-state index contributed by atoms with van der Waals surface area (Å²) in [5.41, 5.74) is 6.73. The van der Waals surface area contributed by atoms with E-state index < -0.39 is 5.97 Å². The number of likely N-dealkylation sites (tertiary alicyclic amines) is 1. The molecule has 10 nitrogen and oxygen atoms in total. The fourth-order valence-electron chi connectivity index (χ4n) is 3.91. The minimum absolute atomic E-state index is 0.00905. The molecule has 2 fully saturated rings. The number of carbonyl (C=O) groups is 3. The highest BCUT2D eigenvalue weighted by atomic mass is 16.4. The van der Waals surface area contributed by atoms with Crippen molar-refractivity contribution in [1.29, 1.82) is 0 Å². The molecular formula is C19H25N5O5. The molecule has 2 aliphatic rings. The van der Waals surface area contributed by atoms with Gasteiger partial charge in [-0.3, -0.25) is 9.59 Å². The highest BCUT2D eigenvalue weighted by molar-refractivity contribution is 5.99. The first kappa shape index (κ1) is 20.4. The van der Waals surface area contributed by atoms with Gasteiger partial charge in [0, 0.05) is 49.3 Å². The van der Waals surface area contributed by atoms with Crippen molar-refractivity contribution in [3.63, 3.8) is 0 Å². The van der Waals surface area contributed by atoms with Crippen LogP contribution in [0.25, 0.3) is 0 Å². The third-order valence-corrected chi connectivity index (χ3v) is 5.63. The molecule has 3 amide bonds. The number of carbonyl (C=O) groups excluding carboxylic acids is 2. The van der Waals surface area contributed by atoms with Gasteiger partial charge in [-0.2, -0.15) is 0 Å². The third-order valence-electron chi connectivity index (χ3n) is 5.63. The summed E-state index contributed by atoms with van der Waals surface area (Å²) in [6.07, 6.45) is 1.75. The summed E-state index contributed by atoms with van der Waals surface area (Å²) in [7, 11) is 0. The number of nitrogens with one attached hydrogen (secondary N) is 1. The second kappa shape index (κ2) is 8.38. The number of piperidine rings is 1. The molecule has 5 N–H and O–H groups in total. The molecule has 1 spiro atoms. The number of oxime groups is 1. The highest BCUT2D eigenvalue weighted by Crippen LogP contribution is 2.42. The van der Waals surface area contributed by atoms with Crippen LogP contribution < -0.4 is 16.0 Å². The van der Waals surface area contributed by atoms with Gasteiger partial charge in [-0.1, -0.05) is 5.16 Å². The van der Waals surface area contributed by atoms with Crippen molar-refractivity contribution in [2.45, 2.75) is 25.7 Å². The van der Waals surface area contributed by atoms with Gasteiger partial charge in [-0.25, -0.2) is 4.79 Å². The number of amides is 3. The highest BCUT2D eigenvalue weighted by Gasteiger charge is 2.45. The first-order valence-corrected chi connectivity index (χ1v) is 9.46. The van der Waals surface area contributed by atoms with Gasteiger partial charge in [0.05, 0.1) is 6.42 Å². The minimum atomic E-state index is -0.952. The van der Waals surface area contributed by atoms with E-state index in [0.29, 0.717) is 44.5 Å². The van der Waals surface area contributed by atoms with Gasteiger partial charge < -0.3 is 31.2 Å². The lowest BCUT2D eigenvalue weighted by Gasteiger charge is -2.38. The standard InChI is InChI=1S/C19H25N5O5/c20-17(22-29)13-1-3-14(4-2-13)24-12-19(11-15(24)25)6-9-23(10-7-19)18(28)21-8-5-16(26)27/h1-4,29H,5-12H2,(H2,20,22)(H,21,28)(H,26,27). The van der Waals surface area contributed by atoms with E-state index in [1.165, 1.54) is 0 Å². The Morgan fingerprint density at radius 1 is 1.21 bits per heavy atom. The lowest BCUT2D eigenvalue weighted by Crippen LogP contribution is -2.48. The van der Waals surface area contributed by atoms with Crippen LogP contribution in [0, 0.1) is 5.41 Å². The molecule has 0 unspecified atom stereocenters. The minimum Gasteiger partial charge on any atom is -0.481 e. The predicted octanol–water partition coefficient (Wildman–Crippen LogP) is 0.784. The number of anilines is 1. The number of carboxylic acid groups (broad SMARTS) is 1. The smallest absolute Gasteiger partial charge is 0.317 e. The van der Waals surface area contributed by atoms with Crippen molar-refractivity contribution in [2.24, 2.45) is 16.3 Å². The lowest BCUT2D eigenvalue weighted by atomic mass is 9.77. The van der Waals surface area contributed by atoms with Gasteiger partial charge in [0.2, 0.25) is 5.91 Å². The van der Waals surface area contributed by atoms with Gasteiger partial charge in [0.15, 0.2) is 5.84 Å². The number of hydrogen-bond acceptors (Lipinski definition) is 5. The number of amidine groups is 1. The van der Waals surface area contributed by atoms with Crippen LogP contribution in [0.1, 0.15) is 31.2 Å². The van der Waals surface area contributed by atoms with E-state index in [2.05, 4.69) is 10.5 Å². The van der Waals surface area contributed by atoms with Crippen LogP contribution in [0.2, 0.25) is 0 Å². The van der Waals surface area contributed by atoms with Crippen molar-refractivity contribution in [2.75, 3.05) is 31.1 Å². The number of nitrogens with zero attached hydrogens (tertiary/aromatic N) is 3. The fraction of sp³-hybridized carbons (Fsp3) is 0.474. The van der Waals surface area contributed by atoms with E-state index in [-0.39, 0.29) is 36.2 Å². The molecule has 29 heavy (non-hydrogen) atoms. The molecule has 156 valence electrons. The molecule has 0 saturated carbocycles. The second-order valence-corrected chi connectivity index (χ2v) is 7.55. The van der Waals surface area contributed by atoms with Gasteiger partial charge in [0.25, 0.3) is 0 Å². The van der Waals surface area contributed by atoms with Crippen molar-refractivity contribution in [3.05, 3.63) is 29.8 Å². The number of aliphatic carboxylic acids is 1. The van der Waals surface area contributed by atoms with Crippen LogP contribution in [0.4, 0.5) is 10.5 Å². The maximum absolute atomic E-state index is 12.6. The molecule has 10 heteroatoms. The zero-order chi connectivity index (χ0) is 21.0. The zero-order valence-electron chi connectivity index (χ0n) is 16.0. The van der Waals surface area contributed by atoms with Crippen molar-refractivity contribution >= 4 is 29.4 Å². The average molecular weight is 403 g/mol. The first-order chi connectivity index (χ1) is 13.8. The molecule has 2 aliphatic heterocycles. The molecule has 0 radical (unpaired) electrons. The largest absolute Gasteiger partial charge is 0.481 e. The number of nitrogens with two attached hydrogens (primary N) is 1. The molecule has 2 heterocycles. The Balaban J connectivity index is 1.58. The second-order valence-electron chi connectivity index (χ2n) is 7.55. The number of rotatable bonds is 5. The van der Waals surface area contributed by atoms with Gasteiger partial charge in [0.1, 0.15) is 0 Å². The summed E-state index contributed by atoms with van der Waals surface area (Å²) in [5.74, 6) is -0.900. The summed E-state index contributed by atoms with van der Waals surface area (Å²) in [4.78, 5) is 38.8. The van der Waals surface area contributed by atoms with E-state index in [4.69, 9.17) is 16.0 Å². The monoisotopic (exact) mass is 403 g/mol. The molecular weight excluding hydrogens is 378 g/mol. The van der Waals surface area contributed by atoms with E-state index in [0.717, 1.165) is 5.69 Å².